The largest absolute Gasteiger partial charge is 0.421 e. The van der Waals surface area contributed by atoms with Crippen molar-refractivity contribution in [2.24, 2.45) is 0 Å². The first-order valence-electron chi connectivity index (χ1n) is 11.9. The molecule has 0 radical (unpaired) electrons. The topological polar surface area (TPSA) is 52.6 Å². The fourth-order valence-electron chi connectivity index (χ4n) is 3.89. The van der Waals surface area contributed by atoms with E-state index >= 15 is 0 Å². The number of hydrogen-bond acceptors (Lipinski definition) is 4. The maximum atomic E-state index is 12.7. The quantitative estimate of drug-likeness (QED) is 0.145. The monoisotopic (exact) mass is 776 g/mol. The fraction of sp³-hybridized carbons (Fsp3) is 0.161. The number of carbonyl (C=O) groups is 2. The number of hydrogen-bond donors (Lipinski definition) is 0. The van der Waals surface area contributed by atoms with Crippen LogP contribution in [0.25, 0.3) is 0 Å². The minimum Gasteiger partial charge on any atom is -0.421 e. The van der Waals surface area contributed by atoms with Crippen molar-refractivity contribution < 1.29 is 19.1 Å². The zero-order chi connectivity index (χ0) is 28.5. The predicted octanol–water partition coefficient (Wildman–Crippen LogP) is 10.1. The Kier molecular flexibility index (Phi) is 9.21. The van der Waals surface area contributed by atoms with Crippen molar-refractivity contribution in [2.75, 3.05) is 0 Å². The van der Waals surface area contributed by atoms with Gasteiger partial charge in [-0.2, -0.15) is 0 Å². The summed E-state index contributed by atoms with van der Waals surface area (Å²) in [5.41, 5.74) is 4.56. The number of halogens is 4. The Balaban J connectivity index is 1.59. The molecule has 39 heavy (non-hydrogen) atoms. The van der Waals surface area contributed by atoms with Crippen molar-refractivity contribution in [3.8, 4) is 11.5 Å². The second-order valence-electron chi connectivity index (χ2n) is 9.67. The highest BCUT2D eigenvalue weighted by atomic mass is 79.9. The number of rotatable bonds is 6. The normalized spacial score (nSPS) is 11.3. The molecule has 0 aliphatic rings. The summed E-state index contributed by atoms with van der Waals surface area (Å²) in [6, 6.07) is 22.2. The molecule has 8 heteroatoms. The number of carbonyl (C=O) groups excluding carboxylic acids is 2. The lowest BCUT2D eigenvalue weighted by Crippen LogP contribution is -2.20. The van der Waals surface area contributed by atoms with E-state index in [0.29, 0.717) is 40.5 Å². The van der Waals surface area contributed by atoms with Crippen LogP contribution in [0.5, 0.6) is 11.5 Å². The van der Waals surface area contributed by atoms with Crippen LogP contribution < -0.4 is 9.47 Å². The van der Waals surface area contributed by atoms with Gasteiger partial charge in [0.25, 0.3) is 0 Å². The average molecular weight is 780 g/mol. The Morgan fingerprint density at radius 2 is 0.846 bits per heavy atom. The number of benzene rings is 4. The van der Waals surface area contributed by atoms with Crippen LogP contribution in [-0.4, -0.2) is 11.9 Å². The van der Waals surface area contributed by atoms with E-state index in [9.17, 15) is 9.59 Å². The van der Waals surface area contributed by atoms with Gasteiger partial charge in [-0.3, -0.25) is 0 Å². The third kappa shape index (κ3) is 6.73. The standard InChI is InChI=1S/C31H24Br4O4/c1-17-5-9-19(10-6-17)29(36)38-27-23(32)13-21(14-24(27)33)31(3,4)22-15-25(34)28(26(35)16-22)39-30(37)20-11-7-18(2)8-12-20/h5-16H,1-4H3. The SMILES string of the molecule is Cc1ccc(C(=O)Oc2c(Br)cc(C(C)(C)c3cc(Br)c(OC(=O)c4ccc(C)cc4)c(Br)c3)cc2Br)cc1. The highest BCUT2D eigenvalue weighted by Crippen LogP contribution is 2.44. The zero-order valence-corrected chi connectivity index (χ0v) is 27.9. The fourth-order valence-corrected chi connectivity index (χ4v) is 6.58. The Bertz CT molecular complexity index is 1400. The summed E-state index contributed by atoms with van der Waals surface area (Å²) >= 11 is 14.3. The maximum Gasteiger partial charge on any atom is 0.343 e. The van der Waals surface area contributed by atoms with E-state index in [1.54, 1.807) is 24.3 Å². The number of aryl methyl sites for hydroxylation is 2. The zero-order valence-electron chi connectivity index (χ0n) is 21.6. The lowest BCUT2D eigenvalue weighted by Gasteiger charge is -2.28. The Morgan fingerprint density at radius 1 is 0.564 bits per heavy atom. The Labute approximate surface area is 261 Å². The van der Waals surface area contributed by atoms with E-state index in [-0.39, 0.29) is 0 Å². The number of esters is 2. The predicted molar refractivity (Wildman–Crippen MR) is 168 cm³/mol. The van der Waals surface area contributed by atoms with Gasteiger partial charge in [-0.15, -0.1) is 0 Å². The molecule has 0 fully saturated rings. The number of ether oxygens (including phenoxy) is 2. The van der Waals surface area contributed by atoms with Crippen molar-refractivity contribution in [2.45, 2.75) is 33.1 Å². The van der Waals surface area contributed by atoms with E-state index in [1.807, 2.05) is 62.4 Å². The minimum absolute atomic E-state index is 0.404. The van der Waals surface area contributed by atoms with Gasteiger partial charge in [0.15, 0.2) is 11.5 Å². The molecular weight excluding hydrogens is 756 g/mol. The summed E-state index contributed by atoms with van der Waals surface area (Å²) in [5.74, 6) is -0.0687. The molecule has 0 bridgehead atoms. The first-order chi connectivity index (χ1) is 18.4. The van der Waals surface area contributed by atoms with Gasteiger partial charge < -0.3 is 9.47 Å². The van der Waals surface area contributed by atoms with Crippen LogP contribution in [0.2, 0.25) is 0 Å². The van der Waals surface area contributed by atoms with Gasteiger partial charge in [0.05, 0.1) is 29.0 Å². The van der Waals surface area contributed by atoms with Crippen LogP contribution in [0.15, 0.2) is 90.7 Å². The van der Waals surface area contributed by atoms with Gasteiger partial charge in [-0.1, -0.05) is 49.2 Å². The molecule has 4 nitrogen and oxygen atoms in total. The molecule has 0 aliphatic carbocycles. The third-order valence-electron chi connectivity index (χ3n) is 6.40. The molecule has 4 rings (SSSR count). The summed E-state index contributed by atoms with van der Waals surface area (Å²) in [4.78, 5) is 25.4. The molecule has 0 unspecified atom stereocenters. The van der Waals surface area contributed by atoms with E-state index in [2.05, 4.69) is 77.6 Å². The third-order valence-corrected chi connectivity index (χ3v) is 8.76. The van der Waals surface area contributed by atoms with Gasteiger partial charge in [0.1, 0.15) is 0 Å². The van der Waals surface area contributed by atoms with Crippen molar-refractivity contribution >= 4 is 75.7 Å². The summed E-state index contributed by atoms with van der Waals surface area (Å²) in [7, 11) is 0. The summed E-state index contributed by atoms with van der Waals surface area (Å²) in [5, 5.41) is 0. The Morgan fingerprint density at radius 3 is 1.13 bits per heavy atom. The molecule has 0 aromatic heterocycles. The van der Waals surface area contributed by atoms with Crippen LogP contribution in [-0.2, 0) is 5.41 Å². The highest BCUT2D eigenvalue weighted by molar-refractivity contribution is 9.11. The van der Waals surface area contributed by atoms with Gasteiger partial charge in [-0.25, -0.2) is 9.59 Å². The molecule has 200 valence electrons. The molecule has 0 heterocycles. The molecule has 4 aromatic rings. The van der Waals surface area contributed by atoms with Crippen LogP contribution in [0.3, 0.4) is 0 Å². The van der Waals surface area contributed by atoms with Crippen LogP contribution in [0, 0.1) is 13.8 Å². The van der Waals surface area contributed by atoms with Crippen LogP contribution >= 0.6 is 63.7 Å². The highest BCUT2D eigenvalue weighted by Gasteiger charge is 2.28. The lowest BCUT2D eigenvalue weighted by molar-refractivity contribution is 0.0722. The molecule has 0 saturated heterocycles. The van der Waals surface area contributed by atoms with Gasteiger partial charge in [-0.05, 0) is 137 Å². The second-order valence-corrected chi connectivity index (χ2v) is 13.1. The van der Waals surface area contributed by atoms with E-state index in [4.69, 9.17) is 9.47 Å². The molecule has 4 aromatic carbocycles. The summed E-state index contributed by atoms with van der Waals surface area (Å²) in [6.45, 7) is 8.10. The molecule has 0 aliphatic heterocycles. The van der Waals surface area contributed by atoms with Gasteiger partial charge in [0, 0.05) is 5.41 Å². The molecule has 0 atom stereocenters. The van der Waals surface area contributed by atoms with E-state index in [1.165, 1.54) is 0 Å². The average Bonchev–Trinajstić information content (AvgIpc) is 2.88. The van der Waals surface area contributed by atoms with Gasteiger partial charge in [0.2, 0.25) is 0 Å². The van der Waals surface area contributed by atoms with Crippen molar-refractivity contribution in [1.29, 1.82) is 0 Å². The molecular formula is C31H24Br4O4. The van der Waals surface area contributed by atoms with Crippen LogP contribution in [0.1, 0.15) is 56.8 Å². The Hall–Kier alpha value is -2.26. The molecule has 0 N–H and O–H groups in total. The van der Waals surface area contributed by atoms with Crippen molar-refractivity contribution in [3.63, 3.8) is 0 Å². The first kappa shape index (κ1) is 29.7. The molecule has 0 spiro atoms. The van der Waals surface area contributed by atoms with Crippen molar-refractivity contribution in [1.82, 2.24) is 0 Å². The van der Waals surface area contributed by atoms with Crippen molar-refractivity contribution in [3.05, 3.63) is 124 Å². The maximum absolute atomic E-state index is 12.7. The van der Waals surface area contributed by atoms with E-state index < -0.39 is 17.4 Å². The first-order valence-corrected chi connectivity index (χ1v) is 15.1. The minimum atomic E-state index is -0.463. The summed E-state index contributed by atoms with van der Waals surface area (Å²) in [6.07, 6.45) is 0. The van der Waals surface area contributed by atoms with Crippen LogP contribution in [0.4, 0.5) is 0 Å². The second kappa shape index (κ2) is 12.1. The summed E-state index contributed by atoms with van der Waals surface area (Å²) < 4.78 is 14.0. The van der Waals surface area contributed by atoms with E-state index in [0.717, 1.165) is 22.3 Å². The molecule has 0 amide bonds. The molecule has 0 saturated carbocycles. The van der Waals surface area contributed by atoms with Gasteiger partial charge >= 0.3 is 11.9 Å². The smallest absolute Gasteiger partial charge is 0.343 e. The lowest BCUT2D eigenvalue weighted by atomic mass is 9.78.